The Kier molecular flexibility index (Phi) is 5.14. The normalized spacial score (nSPS) is 11.6. The molecule has 0 aliphatic carbocycles. The zero-order chi connectivity index (χ0) is 15.5. The third kappa shape index (κ3) is 3.95. The third-order valence-corrected chi connectivity index (χ3v) is 4.62. The Labute approximate surface area is 121 Å². The Bertz CT molecular complexity index is 617. The van der Waals surface area contributed by atoms with E-state index in [4.69, 9.17) is 0 Å². The highest BCUT2D eigenvalue weighted by molar-refractivity contribution is 7.89. The van der Waals surface area contributed by atoms with Crippen molar-refractivity contribution in [1.82, 2.24) is 4.31 Å². The minimum Gasteiger partial charge on any atom is -0.508 e. The lowest BCUT2D eigenvalue weighted by Gasteiger charge is -2.23. The van der Waals surface area contributed by atoms with Gasteiger partial charge in [-0.25, -0.2) is 8.42 Å². The van der Waals surface area contributed by atoms with Gasteiger partial charge < -0.3 is 5.11 Å². The molecule has 0 aliphatic rings. The molecule has 1 aromatic carbocycles. The van der Waals surface area contributed by atoms with E-state index in [1.54, 1.807) is 26.8 Å². The number of aromatic hydroxyl groups is 1. The largest absolute Gasteiger partial charge is 0.508 e. The van der Waals surface area contributed by atoms with E-state index in [2.05, 4.69) is 13.2 Å². The van der Waals surface area contributed by atoms with Gasteiger partial charge in [-0.3, -0.25) is 0 Å². The van der Waals surface area contributed by atoms with Gasteiger partial charge in [-0.1, -0.05) is 30.4 Å². The summed E-state index contributed by atoms with van der Waals surface area (Å²) < 4.78 is 26.7. The number of hydrogen-bond acceptors (Lipinski definition) is 3. The van der Waals surface area contributed by atoms with E-state index in [9.17, 15) is 13.5 Å². The summed E-state index contributed by atoms with van der Waals surface area (Å²) in [6.07, 6.45) is 0. The fourth-order valence-corrected chi connectivity index (χ4v) is 3.64. The van der Waals surface area contributed by atoms with Gasteiger partial charge in [0.2, 0.25) is 10.0 Å². The molecule has 1 rings (SSSR count). The maximum atomic E-state index is 12.7. The molecule has 1 N–H and O–H groups in total. The Morgan fingerprint density at radius 3 is 2.15 bits per heavy atom. The van der Waals surface area contributed by atoms with Crippen molar-refractivity contribution in [3.8, 4) is 5.75 Å². The molecule has 0 heterocycles. The summed E-state index contributed by atoms with van der Waals surface area (Å²) in [4.78, 5) is 0.111. The van der Waals surface area contributed by atoms with Gasteiger partial charge in [-0.15, -0.1) is 0 Å². The number of nitrogens with zero attached hydrogens (tertiary/aromatic N) is 1. The minimum absolute atomic E-state index is 0.0697. The van der Waals surface area contributed by atoms with Crippen LogP contribution in [0.5, 0.6) is 5.75 Å². The van der Waals surface area contributed by atoms with Crippen LogP contribution < -0.4 is 0 Å². The third-order valence-electron chi connectivity index (χ3n) is 2.68. The van der Waals surface area contributed by atoms with Gasteiger partial charge in [0.25, 0.3) is 0 Å². The predicted molar refractivity (Wildman–Crippen MR) is 81.2 cm³/mol. The number of rotatable bonds is 6. The molecule has 0 radical (unpaired) electrons. The second-order valence-corrected chi connectivity index (χ2v) is 7.04. The summed E-state index contributed by atoms with van der Waals surface area (Å²) in [5.41, 5.74) is 2.08. The summed E-state index contributed by atoms with van der Waals surface area (Å²) in [6.45, 7) is 13.2. The second kappa shape index (κ2) is 6.24. The van der Waals surface area contributed by atoms with Crippen molar-refractivity contribution in [1.29, 1.82) is 0 Å². The standard InChI is InChI=1S/C15H21NO3S/c1-11(2)9-16(10-12(3)4)20(18,19)15-8-14(17)7-6-13(15)5/h6-8,17H,1,3,9-10H2,2,4-5H3. The molecule has 0 atom stereocenters. The van der Waals surface area contributed by atoms with Crippen LogP contribution in [0.3, 0.4) is 0 Å². The Balaban J connectivity index is 3.31. The van der Waals surface area contributed by atoms with Crippen LogP contribution >= 0.6 is 0 Å². The summed E-state index contributed by atoms with van der Waals surface area (Å²) in [5.74, 6) is -0.0697. The molecule has 0 unspecified atom stereocenters. The van der Waals surface area contributed by atoms with Crippen LogP contribution in [0.2, 0.25) is 0 Å². The maximum absolute atomic E-state index is 12.7. The molecule has 0 bridgehead atoms. The van der Waals surface area contributed by atoms with Gasteiger partial charge in [0, 0.05) is 19.2 Å². The lowest BCUT2D eigenvalue weighted by Crippen LogP contribution is -2.34. The lowest BCUT2D eigenvalue weighted by atomic mass is 10.2. The van der Waals surface area contributed by atoms with Crippen LogP contribution in [0.25, 0.3) is 0 Å². The second-order valence-electron chi connectivity index (χ2n) is 5.14. The molecule has 110 valence electrons. The van der Waals surface area contributed by atoms with Crippen molar-refractivity contribution < 1.29 is 13.5 Å². The van der Waals surface area contributed by atoms with Crippen molar-refractivity contribution in [2.24, 2.45) is 0 Å². The summed E-state index contributed by atoms with van der Waals surface area (Å²) in [7, 11) is -3.69. The first-order valence-electron chi connectivity index (χ1n) is 6.23. The number of phenolic OH excluding ortho intramolecular Hbond substituents is 1. The smallest absolute Gasteiger partial charge is 0.244 e. The Hall–Kier alpha value is -1.59. The minimum atomic E-state index is -3.69. The number of aryl methyl sites for hydroxylation is 1. The molecule has 0 aliphatic heterocycles. The average Bonchev–Trinajstić information content (AvgIpc) is 2.30. The summed E-state index contributed by atoms with van der Waals surface area (Å²) >= 11 is 0. The average molecular weight is 295 g/mol. The van der Waals surface area contributed by atoms with E-state index < -0.39 is 10.0 Å². The molecule has 0 saturated heterocycles. The van der Waals surface area contributed by atoms with Gasteiger partial charge >= 0.3 is 0 Å². The zero-order valence-electron chi connectivity index (χ0n) is 12.2. The molecule has 0 fully saturated rings. The molecule has 0 saturated carbocycles. The Morgan fingerprint density at radius 2 is 1.70 bits per heavy atom. The van der Waals surface area contributed by atoms with Crippen molar-refractivity contribution >= 4 is 10.0 Å². The molecule has 1 aromatic rings. The van der Waals surface area contributed by atoms with Crippen molar-refractivity contribution in [3.63, 3.8) is 0 Å². The number of phenols is 1. The lowest BCUT2D eigenvalue weighted by molar-refractivity contribution is 0.455. The summed E-state index contributed by atoms with van der Waals surface area (Å²) in [6, 6.07) is 4.33. The van der Waals surface area contributed by atoms with Crippen LogP contribution in [0, 0.1) is 6.92 Å². The van der Waals surface area contributed by atoms with Crippen LogP contribution in [-0.4, -0.2) is 30.9 Å². The molecule has 5 heteroatoms. The fraction of sp³-hybridized carbons (Fsp3) is 0.333. The first kappa shape index (κ1) is 16.5. The van der Waals surface area contributed by atoms with E-state index >= 15 is 0 Å². The van der Waals surface area contributed by atoms with Gasteiger partial charge in [-0.05, 0) is 32.4 Å². The van der Waals surface area contributed by atoms with Gasteiger partial charge in [0.05, 0.1) is 4.90 Å². The van der Waals surface area contributed by atoms with Crippen LogP contribution in [0.4, 0.5) is 0 Å². The molecular weight excluding hydrogens is 274 g/mol. The molecule has 0 amide bonds. The van der Waals surface area contributed by atoms with E-state index in [0.29, 0.717) is 5.56 Å². The highest BCUT2D eigenvalue weighted by atomic mass is 32.2. The molecular formula is C15H21NO3S. The van der Waals surface area contributed by atoms with Gasteiger partial charge in [0.1, 0.15) is 5.75 Å². The van der Waals surface area contributed by atoms with E-state index in [1.807, 2.05) is 0 Å². The maximum Gasteiger partial charge on any atom is 0.244 e. The number of benzene rings is 1. The van der Waals surface area contributed by atoms with Crippen molar-refractivity contribution in [3.05, 3.63) is 48.1 Å². The van der Waals surface area contributed by atoms with Crippen LogP contribution in [-0.2, 0) is 10.0 Å². The monoisotopic (exact) mass is 295 g/mol. The van der Waals surface area contributed by atoms with Crippen LogP contribution in [0.1, 0.15) is 19.4 Å². The van der Waals surface area contributed by atoms with Gasteiger partial charge in [-0.2, -0.15) is 4.31 Å². The van der Waals surface area contributed by atoms with E-state index in [-0.39, 0.29) is 23.7 Å². The Morgan fingerprint density at radius 1 is 1.20 bits per heavy atom. The van der Waals surface area contributed by atoms with Crippen molar-refractivity contribution in [2.45, 2.75) is 25.7 Å². The molecule has 0 spiro atoms. The highest BCUT2D eigenvalue weighted by Crippen LogP contribution is 2.25. The van der Waals surface area contributed by atoms with Gasteiger partial charge in [0.15, 0.2) is 0 Å². The first-order chi connectivity index (χ1) is 9.14. The van der Waals surface area contributed by atoms with E-state index in [0.717, 1.165) is 11.1 Å². The molecule has 0 aromatic heterocycles. The van der Waals surface area contributed by atoms with E-state index in [1.165, 1.54) is 16.4 Å². The SMILES string of the molecule is C=C(C)CN(CC(=C)C)S(=O)(=O)c1cc(O)ccc1C. The zero-order valence-corrected chi connectivity index (χ0v) is 13.0. The van der Waals surface area contributed by atoms with Crippen LogP contribution in [0.15, 0.2) is 47.4 Å². The number of sulfonamides is 1. The number of hydrogen-bond donors (Lipinski definition) is 1. The first-order valence-corrected chi connectivity index (χ1v) is 7.67. The molecule has 4 nitrogen and oxygen atoms in total. The highest BCUT2D eigenvalue weighted by Gasteiger charge is 2.26. The predicted octanol–water partition coefficient (Wildman–Crippen LogP) is 2.84. The topological polar surface area (TPSA) is 57.6 Å². The molecule has 20 heavy (non-hydrogen) atoms. The summed E-state index contributed by atoms with van der Waals surface area (Å²) in [5, 5.41) is 9.53. The van der Waals surface area contributed by atoms with Crippen molar-refractivity contribution in [2.75, 3.05) is 13.1 Å². The fourth-order valence-electron chi connectivity index (χ4n) is 1.83. The quantitative estimate of drug-likeness (QED) is 0.821.